The van der Waals surface area contributed by atoms with Crippen LogP contribution in [0.2, 0.25) is 0 Å². The minimum Gasteiger partial charge on any atom is -0.496 e. The molecule has 0 saturated heterocycles. The lowest BCUT2D eigenvalue weighted by atomic mass is 9.87. The Hall–Kier alpha value is -3.02. The number of benzene rings is 2. The van der Waals surface area contributed by atoms with Crippen LogP contribution in [0.15, 0.2) is 42.5 Å². The lowest BCUT2D eigenvalue weighted by Gasteiger charge is -2.27. The number of nitrogens with one attached hydrogen (secondary N) is 1. The molecule has 2 atom stereocenters. The van der Waals surface area contributed by atoms with Crippen LogP contribution in [0.25, 0.3) is 0 Å². The molecule has 1 N–H and O–H groups in total. The molecule has 1 amide bonds. The van der Waals surface area contributed by atoms with Crippen molar-refractivity contribution in [2.24, 2.45) is 0 Å². The van der Waals surface area contributed by atoms with Crippen LogP contribution in [0.5, 0.6) is 11.5 Å². The first-order valence-corrected chi connectivity index (χ1v) is 9.35. The second-order valence-corrected chi connectivity index (χ2v) is 6.74. The van der Waals surface area contributed by atoms with Crippen LogP contribution in [0.3, 0.4) is 0 Å². The summed E-state index contributed by atoms with van der Waals surface area (Å²) < 4.78 is 15.9. The molecule has 28 heavy (non-hydrogen) atoms. The number of carbonyl (C=O) groups excluding carboxylic acids is 2. The Labute approximate surface area is 164 Å². The van der Waals surface area contributed by atoms with Crippen molar-refractivity contribution in [2.75, 3.05) is 14.2 Å². The molecule has 0 heterocycles. The van der Waals surface area contributed by atoms with Crippen molar-refractivity contribution in [3.8, 4) is 11.5 Å². The van der Waals surface area contributed by atoms with E-state index in [1.54, 1.807) is 25.1 Å². The topological polar surface area (TPSA) is 73.9 Å². The summed E-state index contributed by atoms with van der Waals surface area (Å²) in [5.41, 5.74) is 2.55. The third-order valence-electron chi connectivity index (χ3n) is 4.97. The van der Waals surface area contributed by atoms with Crippen molar-refractivity contribution < 1.29 is 23.8 Å². The van der Waals surface area contributed by atoms with Gasteiger partial charge in [-0.05, 0) is 49.4 Å². The molecule has 0 aliphatic heterocycles. The van der Waals surface area contributed by atoms with E-state index in [2.05, 4.69) is 11.4 Å². The summed E-state index contributed by atoms with van der Waals surface area (Å²) in [6.07, 6.45) is 1.94. The molecule has 0 unspecified atom stereocenters. The van der Waals surface area contributed by atoms with Crippen LogP contribution in [-0.2, 0) is 16.0 Å². The van der Waals surface area contributed by atoms with Crippen molar-refractivity contribution >= 4 is 11.9 Å². The maximum atomic E-state index is 12.6. The summed E-state index contributed by atoms with van der Waals surface area (Å²) in [7, 11) is 2.92. The Morgan fingerprint density at radius 3 is 2.39 bits per heavy atom. The maximum absolute atomic E-state index is 12.6. The summed E-state index contributed by atoms with van der Waals surface area (Å²) in [5, 5.41) is 3.01. The second kappa shape index (κ2) is 8.78. The monoisotopic (exact) mass is 383 g/mol. The maximum Gasteiger partial charge on any atom is 0.346 e. The Balaban J connectivity index is 1.70. The molecular weight excluding hydrogens is 358 g/mol. The largest absolute Gasteiger partial charge is 0.496 e. The standard InChI is InChI=1S/C22H25NO5/c1-14(28-22(25)20-18(26-2)12-7-13-19(20)27-3)21(24)23-17-11-6-9-15-8-4-5-10-16(15)17/h4-5,7-8,10,12-14,17H,6,9,11H2,1-3H3,(H,23,24)/t14-,17+/m0/s1. The SMILES string of the molecule is COc1cccc(OC)c1C(=O)O[C@@H](C)C(=O)N[C@@H]1CCCc2ccccc21. The fourth-order valence-electron chi connectivity index (χ4n) is 3.52. The predicted molar refractivity (Wildman–Crippen MR) is 105 cm³/mol. The van der Waals surface area contributed by atoms with Crippen molar-refractivity contribution in [1.82, 2.24) is 5.32 Å². The molecule has 3 rings (SSSR count). The number of ether oxygens (including phenoxy) is 3. The molecule has 0 aromatic heterocycles. The van der Waals surface area contributed by atoms with Gasteiger partial charge in [-0.1, -0.05) is 30.3 Å². The lowest BCUT2D eigenvalue weighted by Crippen LogP contribution is -2.39. The van der Waals surface area contributed by atoms with Gasteiger partial charge >= 0.3 is 5.97 Å². The van der Waals surface area contributed by atoms with Gasteiger partial charge < -0.3 is 19.5 Å². The van der Waals surface area contributed by atoms with Crippen LogP contribution < -0.4 is 14.8 Å². The molecule has 0 radical (unpaired) electrons. The zero-order chi connectivity index (χ0) is 20.1. The highest BCUT2D eigenvalue weighted by atomic mass is 16.6. The minimum atomic E-state index is -0.948. The Kier molecular flexibility index (Phi) is 6.19. The molecule has 0 spiro atoms. The van der Waals surface area contributed by atoms with Gasteiger partial charge in [0.15, 0.2) is 6.10 Å². The van der Waals surface area contributed by atoms with Gasteiger partial charge in [-0.3, -0.25) is 4.79 Å². The zero-order valence-corrected chi connectivity index (χ0v) is 16.4. The van der Waals surface area contributed by atoms with E-state index in [0.29, 0.717) is 11.5 Å². The van der Waals surface area contributed by atoms with Gasteiger partial charge in [0.05, 0.1) is 20.3 Å². The van der Waals surface area contributed by atoms with Crippen molar-refractivity contribution in [3.63, 3.8) is 0 Å². The summed E-state index contributed by atoms with van der Waals surface area (Å²) in [4.78, 5) is 25.3. The van der Waals surface area contributed by atoms with Crippen molar-refractivity contribution in [2.45, 2.75) is 38.3 Å². The van der Waals surface area contributed by atoms with Crippen molar-refractivity contribution in [1.29, 1.82) is 0 Å². The number of amides is 1. The normalized spacial score (nSPS) is 16.5. The number of hydrogen-bond donors (Lipinski definition) is 1. The van der Waals surface area contributed by atoms with Gasteiger partial charge in [-0.25, -0.2) is 4.79 Å². The average molecular weight is 383 g/mol. The van der Waals surface area contributed by atoms with Crippen LogP contribution in [0, 0.1) is 0 Å². The fraction of sp³-hybridized carbons (Fsp3) is 0.364. The van der Waals surface area contributed by atoms with Crippen LogP contribution >= 0.6 is 0 Å². The molecular formula is C22H25NO5. The second-order valence-electron chi connectivity index (χ2n) is 6.74. The van der Waals surface area contributed by atoms with Gasteiger partial charge in [0.2, 0.25) is 0 Å². The third kappa shape index (κ3) is 4.11. The molecule has 0 fully saturated rings. The molecule has 6 heteroatoms. The minimum absolute atomic E-state index is 0.0700. The summed E-state index contributed by atoms with van der Waals surface area (Å²) in [6, 6.07) is 13.0. The molecule has 2 aromatic rings. The van der Waals surface area contributed by atoms with Gasteiger partial charge in [0.1, 0.15) is 17.1 Å². The van der Waals surface area contributed by atoms with E-state index in [1.165, 1.54) is 19.8 Å². The third-order valence-corrected chi connectivity index (χ3v) is 4.97. The van der Waals surface area contributed by atoms with E-state index >= 15 is 0 Å². The fourth-order valence-corrected chi connectivity index (χ4v) is 3.52. The smallest absolute Gasteiger partial charge is 0.346 e. The van der Waals surface area contributed by atoms with Gasteiger partial charge in [-0.15, -0.1) is 0 Å². The zero-order valence-electron chi connectivity index (χ0n) is 16.4. The van der Waals surface area contributed by atoms with E-state index in [1.807, 2.05) is 18.2 Å². The molecule has 148 valence electrons. The number of methoxy groups -OCH3 is 2. The molecule has 0 saturated carbocycles. The van der Waals surface area contributed by atoms with E-state index < -0.39 is 12.1 Å². The number of aryl methyl sites for hydroxylation is 1. The number of hydrogen-bond acceptors (Lipinski definition) is 5. The number of carbonyl (C=O) groups is 2. The van der Waals surface area contributed by atoms with Crippen LogP contribution in [-0.4, -0.2) is 32.2 Å². The lowest BCUT2D eigenvalue weighted by molar-refractivity contribution is -0.130. The van der Waals surface area contributed by atoms with E-state index in [0.717, 1.165) is 24.8 Å². The highest BCUT2D eigenvalue weighted by Gasteiger charge is 2.27. The summed E-state index contributed by atoms with van der Waals surface area (Å²) in [5.74, 6) is -0.332. The first kappa shape index (κ1) is 19.7. The molecule has 6 nitrogen and oxygen atoms in total. The van der Waals surface area contributed by atoms with E-state index in [4.69, 9.17) is 14.2 Å². The first-order valence-electron chi connectivity index (χ1n) is 9.35. The number of esters is 1. The highest BCUT2D eigenvalue weighted by Crippen LogP contribution is 2.31. The first-order chi connectivity index (χ1) is 13.5. The molecule has 2 aromatic carbocycles. The van der Waals surface area contributed by atoms with Crippen LogP contribution in [0.1, 0.15) is 47.3 Å². The quantitative estimate of drug-likeness (QED) is 0.774. The average Bonchev–Trinajstić information content (AvgIpc) is 2.73. The van der Waals surface area contributed by atoms with Crippen molar-refractivity contribution in [3.05, 3.63) is 59.2 Å². The van der Waals surface area contributed by atoms with Gasteiger partial charge in [-0.2, -0.15) is 0 Å². The molecule has 1 aliphatic rings. The Morgan fingerprint density at radius 1 is 1.04 bits per heavy atom. The van der Waals surface area contributed by atoms with E-state index in [9.17, 15) is 9.59 Å². The number of fused-ring (bicyclic) bond motifs is 1. The van der Waals surface area contributed by atoms with Crippen LogP contribution in [0.4, 0.5) is 0 Å². The Morgan fingerprint density at radius 2 is 1.71 bits per heavy atom. The molecule has 0 bridgehead atoms. The highest BCUT2D eigenvalue weighted by molar-refractivity contribution is 5.97. The van der Waals surface area contributed by atoms with Gasteiger partial charge in [0, 0.05) is 0 Å². The Bertz CT molecular complexity index is 842. The predicted octanol–water partition coefficient (Wildman–Crippen LogP) is 3.44. The summed E-state index contributed by atoms with van der Waals surface area (Å²) in [6.45, 7) is 1.56. The van der Waals surface area contributed by atoms with E-state index in [-0.39, 0.29) is 17.5 Å². The number of rotatable bonds is 6. The molecule has 1 aliphatic carbocycles. The summed E-state index contributed by atoms with van der Waals surface area (Å²) >= 11 is 0. The van der Waals surface area contributed by atoms with Gasteiger partial charge in [0.25, 0.3) is 5.91 Å².